The van der Waals surface area contributed by atoms with Gasteiger partial charge in [-0.2, -0.15) is 0 Å². The maximum absolute atomic E-state index is 4.36. The molecule has 3 nitrogen and oxygen atoms in total. The second kappa shape index (κ2) is 6.69. The van der Waals surface area contributed by atoms with E-state index in [2.05, 4.69) is 42.8 Å². The van der Waals surface area contributed by atoms with Gasteiger partial charge in [0, 0.05) is 31.9 Å². The molecule has 0 radical (unpaired) electrons. The lowest BCUT2D eigenvalue weighted by molar-refractivity contribution is 0.353. The van der Waals surface area contributed by atoms with Gasteiger partial charge in [-0.15, -0.1) is 0 Å². The van der Waals surface area contributed by atoms with E-state index in [9.17, 15) is 0 Å². The molecule has 1 aromatic rings. The van der Waals surface area contributed by atoms with Gasteiger partial charge in [0.1, 0.15) is 5.82 Å². The Morgan fingerprint density at radius 1 is 1.44 bits per heavy atom. The highest BCUT2D eigenvalue weighted by molar-refractivity contribution is 4.92. The van der Waals surface area contributed by atoms with Gasteiger partial charge in [-0.3, -0.25) is 0 Å². The van der Waals surface area contributed by atoms with Gasteiger partial charge >= 0.3 is 0 Å². The zero-order valence-corrected chi connectivity index (χ0v) is 11.0. The van der Waals surface area contributed by atoms with Gasteiger partial charge in [-0.25, -0.2) is 4.98 Å². The van der Waals surface area contributed by atoms with Crippen LogP contribution in [0.5, 0.6) is 0 Å². The van der Waals surface area contributed by atoms with Crippen LogP contribution in [-0.2, 0) is 13.5 Å². The van der Waals surface area contributed by atoms with E-state index in [0.29, 0.717) is 6.04 Å². The second-order valence-corrected chi connectivity index (χ2v) is 4.65. The maximum Gasteiger partial charge on any atom is 0.108 e. The van der Waals surface area contributed by atoms with Gasteiger partial charge in [-0.1, -0.05) is 20.3 Å². The molecular weight excluding hydrogens is 198 g/mol. The van der Waals surface area contributed by atoms with E-state index < -0.39 is 0 Å². The molecule has 0 bridgehead atoms. The Morgan fingerprint density at radius 2 is 2.19 bits per heavy atom. The van der Waals surface area contributed by atoms with E-state index in [-0.39, 0.29) is 0 Å². The van der Waals surface area contributed by atoms with Gasteiger partial charge < -0.3 is 9.88 Å². The summed E-state index contributed by atoms with van der Waals surface area (Å²) >= 11 is 0. The van der Waals surface area contributed by atoms with Crippen molar-refractivity contribution in [3.8, 4) is 0 Å². The minimum absolute atomic E-state index is 0.608. The Morgan fingerprint density at radius 3 is 2.69 bits per heavy atom. The SMILES string of the molecule is CCCC(C)C(CCc1nccn1C)NC. The molecule has 0 aliphatic heterocycles. The summed E-state index contributed by atoms with van der Waals surface area (Å²) in [4.78, 5) is 4.36. The number of nitrogens with zero attached hydrogens (tertiary/aromatic N) is 2. The highest BCUT2D eigenvalue weighted by Gasteiger charge is 2.15. The van der Waals surface area contributed by atoms with Crippen LogP contribution in [0.2, 0.25) is 0 Å². The van der Waals surface area contributed by atoms with E-state index in [1.54, 1.807) is 0 Å². The molecule has 92 valence electrons. The van der Waals surface area contributed by atoms with Crippen LogP contribution < -0.4 is 5.32 Å². The normalized spacial score (nSPS) is 15.0. The van der Waals surface area contributed by atoms with Crippen LogP contribution in [0.3, 0.4) is 0 Å². The van der Waals surface area contributed by atoms with E-state index in [1.165, 1.54) is 25.1 Å². The van der Waals surface area contributed by atoms with Crippen molar-refractivity contribution in [2.75, 3.05) is 7.05 Å². The first-order valence-corrected chi connectivity index (χ1v) is 6.32. The summed E-state index contributed by atoms with van der Waals surface area (Å²) in [6.07, 6.45) is 8.68. The molecule has 0 fully saturated rings. The Kier molecular flexibility index (Phi) is 5.53. The van der Waals surface area contributed by atoms with Crippen molar-refractivity contribution in [1.29, 1.82) is 0 Å². The second-order valence-electron chi connectivity index (χ2n) is 4.65. The van der Waals surface area contributed by atoms with Crippen molar-refractivity contribution in [3.63, 3.8) is 0 Å². The van der Waals surface area contributed by atoms with Crippen molar-refractivity contribution in [2.24, 2.45) is 13.0 Å². The molecule has 0 aliphatic rings. The van der Waals surface area contributed by atoms with Crippen LogP contribution in [0.15, 0.2) is 12.4 Å². The zero-order valence-electron chi connectivity index (χ0n) is 11.0. The first kappa shape index (κ1) is 13.2. The largest absolute Gasteiger partial charge is 0.338 e. The number of aryl methyl sites for hydroxylation is 2. The van der Waals surface area contributed by atoms with Crippen molar-refractivity contribution in [1.82, 2.24) is 14.9 Å². The maximum atomic E-state index is 4.36. The fourth-order valence-corrected chi connectivity index (χ4v) is 2.29. The van der Waals surface area contributed by atoms with Crippen LogP contribution in [-0.4, -0.2) is 22.6 Å². The van der Waals surface area contributed by atoms with Gasteiger partial charge in [0.15, 0.2) is 0 Å². The number of aromatic nitrogens is 2. The number of nitrogens with one attached hydrogen (secondary N) is 1. The molecular formula is C13H25N3. The van der Waals surface area contributed by atoms with Crippen molar-refractivity contribution < 1.29 is 0 Å². The number of hydrogen-bond donors (Lipinski definition) is 1. The van der Waals surface area contributed by atoms with Gasteiger partial charge in [0.25, 0.3) is 0 Å². The lowest BCUT2D eigenvalue weighted by Crippen LogP contribution is -2.32. The molecule has 0 aromatic carbocycles. The summed E-state index contributed by atoms with van der Waals surface area (Å²) in [5, 5.41) is 3.43. The molecule has 3 heteroatoms. The lowest BCUT2D eigenvalue weighted by Gasteiger charge is -2.23. The average molecular weight is 223 g/mol. The standard InChI is InChI=1S/C13H25N3/c1-5-6-11(2)12(14-3)7-8-13-15-9-10-16(13)4/h9-12,14H,5-8H2,1-4H3. The molecule has 16 heavy (non-hydrogen) atoms. The minimum atomic E-state index is 0.608. The predicted octanol–water partition coefficient (Wildman–Crippen LogP) is 2.38. The molecule has 1 aromatic heterocycles. The highest BCUT2D eigenvalue weighted by Crippen LogP contribution is 2.15. The fourth-order valence-electron chi connectivity index (χ4n) is 2.29. The molecule has 1 N–H and O–H groups in total. The molecule has 1 rings (SSSR count). The number of imidazole rings is 1. The van der Waals surface area contributed by atoms with Gasteiger partial charge in [0.05, 0.1) is 0 Å². The molecule has 1 heterocycles. The molecule has 0 saturated carbocycles. The van der Waals surface area contributed by atoms with E-state index in [0.717, 1.165) is 12.3 Å². The van der Waals surface area contributed by atoms with E-state index in [4.69, 9.17) is 0 Å². The summed E-state index contributed by atoms with van der Waals surface area (Å²) in [6, 6.07) is 0.608. The van der Waals surface area contributed by atoms with Crippen molar-refractivity contribution in [2.45, 2.75) is 45.6 Å². The molecule has 2 unspecified atom stereocenters. The summed E-state index contributed by atoms with van der Waals surface area (Å²) in [5.41, 5.74) is 0. The monoisotopic (exact) mass is 223 g/mol. The molecule has 0 saturated heterocycles. The minimum Gasteiger partial charge on any atom is -0.338 e. The highest BCUT2D eigenvalue weighted by atomic mass is 15.0. The van der Waals surface area contributed by atoms with E-state index >= 15 is 0 Å². The van der Waals surface area contributed by atoms with Crippen molar-refractivity contribution in [3.05, 3.63) is 18.2 Å². The van der Waals surface area contributed by atoms with Crippen LogP contribution in [0, 0.1) is 5.92 Å². The van der Waals surface area contributed by atoms with Crippen LogP contribution in [0.25, 0.3) is 0 Å². The van der Waals surface area contributed by atoms with E-state index in [1.807, 2.05) is 12.4 Å². The van der Waals surface area contributed by atoms with Crippen molar-refractivity contribution >= 4 is 0 Å². The topological polar surface area (TPSA) is 29.9 Å². The Labute approximate surface area is 99.3 Å². The Balaban J connectivity index is 2.42. The summed E-state index contributed by atoms with van der Waals surface area (Å²) in [6.45, 7) is 4.59. The summed E-state index contributed by atoms with van der Waals surface area (Å²) in [5.74, 6) is 1.93. The number of rotatable bonds is 7. The lowest BCUT2D eigenvalue weighted by atomic mass is 9.93. The average Bonchev–Trinajstić information content (AvgIpc) is 2.66. The first-order chi connectivity index (χ1) is 7.69. The third-order valence-electron chi connectivity index (χ3n) is 3.40. The van der Waals surface area contributed by atoms with Gasteiger partial charge in [-0.05, 0) is 25.8 Å². The third kappa shape index (κ3) is 3.63. The van der Waals surface area contributed by atoms with Crippen LogP contribution in [0.1, 0.15) is 38.9 Å². The smallest absolute Gasteiger partial charge is 0.108 e. The fraction of sp³-hybridized carbons (Fsp3) is 0.769. The summed E-state index contributed by atoms with van der Waals surface area (Å²) in [7, 11) is 4.13. The molecule has 0 aliphatic carbocycles. The quantitative estimate of drug-likeness (QED) is 0.769. The summed E-state index contributed by atoms with van der Waals surface area (Å²) < 4.78 is 2.11. The molecule has 0 spiro atoms. The molecule has 2 atom stereocenters. The first-order valence-electron chi connectivity index (χ1n) is 6.32. The molecule has 0 amide bonds. The number of hydrogen-bond acceptors (Lipinski definition) is 2. The van der Waals surface area contributed by atoms with Crippen LogP contribution in [0.4, 0.5) is 0 Å². The van der Waals surface area contributed by atoms with Gasteiger partial charge in [0.2, 0.25) is 0 Å². The Hall–Kier alpha value is -0.830. The Bertz CT molecular complexity index is 293. The predicted molar refractivity (Wildman–Crippen MR) is 68.4 cm³/mol. The zero-order chi connectivity index (χ0) is 12.0. The van der Waals surface area contributed by atoms with Crippen LogP contribution >= 0.6 is 0 Å². The third-order valence-corrected chi connectivity index (χ3v) is 3.40.